The van der Waals surface area contributed by atoms with Crippen molar-refractivity contribution >= 4 is 5.84 Å². The number of hydrogen-bond donors (Lipinski definition) is 1. The number of pyridine rings is 1. The molecule has 2 atom stereocenters. The fourth-order valence-corrected chi connectivity index (χ4v) is 2.79. The summed E-state index contributed by atoms with van der Waals surface area (Å²) in [5, 5.41) is 3.45. The number of aliphatic imine (C=N–C) groups is 1. The second-order valence-electron chi connectivity index (χ2n) is 4.87. The Hall–Kier alpha value is -2.42. The van der Waals surface area contributed by atoms with E-state index in [0.29, 0.717) is 11.8 Å². The van der Waals surface area contributed by atoms with E-state index in [1.807, 2.05) is 18.3 Å². The van der Waals surface area contributed by atoms with Crippen molar-refractivity contribution in [1.82, 2.24) is 10.3 Å². The Morgan fingerprint density at radius 3 is 2.84 bits per heavy atom. The van der Waals surface area contributed by atoms with E-state index in [4.69, 9.17) is 4.99 Å². The number of allylic oxidation sites excluding steroid dienone is 6. The highest BCUT2D eigenvalue weighted by Gasteiger charge is 2.32. The van der Waals surface area contributed by atoms with Gasteiger partial charge in [0.1, 0.15) is 5.84 Å². The quantitative estimate of drug-likeness (QED) is 0.828. The highest BCUT2D eigenvalue weighted by atomic mass is 15.1. The molecule has 0 aromatic carbocycles. The predicted octanol–water partition coefficient (Wildman–Crippen LogP) is 2.57. The topological polar surface area (TPSA) is 37.3 Å². The van der Waals surface area contributed by atoms with Gasteiger partial charge in [0.05, 0.1) is 11.6 Å². The molecular weight excluding hydrogens is 234 g/mol. The van der Waals surface area contributed by atoms with E-state index in [-0.39, 0.29) is 0 Å². The molecule has 2 aliphatic carbocycles. The van der Waals surface area contributed by atoms with Gasteiger partial charge in [-0.1, -0.05) is 24.3 Å². The van der Waals surface area contributed by atoms with Crippen LogP contribution in [0.5, 0.6) is 0 Å². The Balaban J connectivity index is 1.82. The molecule has 2 unspecified atom stereocenters. The Morgan fingerprint density at radius 2 is 2.00 bits per heavy atom. The van der Waals surface area contributed by atoms with Gasteiger partial charge < -0.3 is 5.32 Å². The molecule has 0 saturated heterocycles. The van der Waals surface area contributed by atoms with Crippen LogP contribution in [0.2, 0.25) is 0 Å². The van der Waals surface area contributed by atoms with Gasteiger partial charge in [-0.15, -0.1) is 0 Å². The third-order valence-corrected chi connectivity index (χ3v) is 3.69. The first-order valence-corrected chi connectivity index (χ1v) is 6.45. The molecule has 3 nitrogen and oxygen atoms in total. The van der Waals surface area contributed by atoms with Crippen molar-refractivity contribution in [3.63, 3.8) is 0 Å². The first-order chi connectivity index (χ1) is 9.42. The summed E-state index contributed by atoms with van der Waals surface area (Å²) >= 11 is 0. The molecule has 0 saturated carbocycles. The molecule has 0 spiro atoms. The van der Waals surface area contributed by atoms with Crippen molar-refractivity contribution < 1.29 is 0 Å². The van der Waals surface area contributed by atoms with Crippen LogP contribution in [-0.2, 0) is 0 Å². The molecule has 1 aromatic rings. The molecule has 0 radical (unpaired) electrons. The van der Waals surface area contributed by atoms with Gasteiger partial charge in [0.15, 0.2) is 0 Å². The lowest BCUT2D eigenvalue weighted by Gasteiger charge is -2.34. The lowest BCUT2D eigenvalue weighted by molar-refractivity contribution is 0.552. The minimum absolute atomic E-state index is 0.343. The molecule has 4 rings (SSSR count). The molecule has 1 aromatic heterocycles. The second-order valence-corrected chi connectivity index (χ2v) is 4.87. The SMILES string of the molecule is C1=CC2C=CC=C3NC(c4cccnc4)=NC(=C1)C32. The van der Waals surface area contributed by atoms with Gasteiger partial charge in [0, 0.05) is 29.6 Å². The molecule has 19 heavy (non-hydrogen) atoms. The largest absolute Gasteiger partial charge is 0.343 e. The lowest BCUT2D eigenvalue weighted by Crippen LogP contribution is -2.37. The van der Waals surface area contributed by atoms with Crippen LogP contribution < -0.4 is 5.32 Å². The van der Waals surface area contributed by atoms with E-state index in [1.165, 1.54) is 5.70 Å². The fraction of sp³-hybridized carbons (Fsp3) is 0.125. The summed E-state index contributed by atoms with van der Waals surface area (Å²) in [5.74, 6) is 1.65. The number of amidine groups is 1. The standard InChI is InChI=1S/C16H13N3/c1-4-11-5-2-8-14-15(11)13(7-1)18-16(19-14)12-6-3-9-17-10-12/h1-11,15H,(H,18,19). The highest BCUT2D eigenvalue weighted by molar-refractivity contribution is 6.01. The van der Waals surface area contributed by atoms with Crippen LogP contribution in [0.1, 0.15) is 5.56 Å². The Kier molecular flexibility index (Phi) is 2.24. The van der Waals surface area contributed by atoms with Gasteiger partial charge in [-0.2, -0.15) is 0 Å². The maximum absolute atomic E-state index is 4.76. The van der Waals surface area contributed by atoms with Crippen molar-refractivity contribution in [2.24, 2.45) is 16.8 Å². The molecule has 1 N–H and O–H groups in total. The van der Waals surface area contributed by atoms with E-state index >= 15 is 0 Å². The molecule has 0 bridgehead atoms. The molecule has 0 fully saturated rings. The first kappa shape index (κ1) is 10.5. The molecule has 1 aliphatic heterocycles. The van der Waals surface area contributed by atoms with Gasteiger partial charge in [-0.05, 0) is 24.3 Å². The summed E-state index contributed by atoms with van der Waals surface area (Å²) < 4.78 is 0. The zero-order chi connectivity index (χ0) is 12.7. The smallest absolute Gasteiger partial charge is 0.139 e. The van der Waals surface area contributed by atoms with E-state index in [9.17, 15) is 0 Å². The minimum atomic E-state index is 0.343. The van der Waals surface area contributed by atoms with Gasteiger partial charge in [-0.25, -0.2) is 4.99 Å². The molecule has 3 heteroatoms. The van der Waals surface area contributed by atoms with E-state index in [0.717, 1.165) is 17.1 Å². The summed E-state index contributed by atoms with van der Waals surface area (Å²) in [6.07, 6.45) is 16.5. The summed E-state index contributed by atoms with van der Waals surface area (Å²) in [6, 6.07) is 3.95. The van der Waals surface area contributed by atoms with Crippen LogP contribution in [0.25, 0.3) is 0 Å². The third-order valence-electron chi connectivity index (χ3n) is 3.69. The summed E-state index contributed by atoms with van der Waals surface area (Å²) in [5.41, 5.74) is 3.36. The monoisotopic (exact) mass is 247 g/mol. The minimum Gasteiger partial charge on any atom is -0.343 e. The van der Waals surface area contributed by atoms with Gasteiger partial charge >= 0.3 is 0 Å². The summed E-state index contributed by atoms with van der Waals surface area (Å²) in [4.78, 5) is 8.91. The third kappa shape index (κ3) is 1.66. The zero-order valence-corrected chi connectivity index (χ0v) is 10.3. The van der Waals surface area contributed by atoms with E-state index in [2.05, 4.69) is 46.8 Å². The summed E-state index contributed by atoms with van der Waals surface area (Å²) in [6.45, 7) is 0. The molecule has 2 heterocycles. The van der Waals surface area contributed by atoms with Crippen LogP contribution >= 0.6 is 0 Å². The van der Waals surface area contributed by atoms with Crippen LogP contribution in [-0.4, -0.2) is 10.8 Å². The fourth-order valence-electron chi connectivity index (χ4n) is 2.79. The van der Waals surface area contributed by atoms with Gasteiger partial charge in [-0.3, -0.25) is 4.98 Å². The average molecular weight is 247 g/mol. The highest BCUT2D eigenvalue weighted by Crippen LogP contribution is 2.38. The average Bonchev–Trinajstić information content (AvgIpc) is 2.49. The van der Waals surface area contributed by atoms with Crippen molar-refractivity contribution in [2.45, 2.75) is 0 Å². The number of rotatable bonds is 1. The number of nitrogens with one attached hydrogen (secondary N) is 1. The van der Waals surface area contributed by atoms with E-state index in [1.54, 1.807) is 6.20 Å². The molecular formula is C16H13N3. The van der Waals surface area contributed by atoms with Crippen molar-refractivity contribution in [2.75, 3.05) is 0 Å². The Labute approximate surface area is 111 Å². The normalized spacial score (nSPS) is 26.8. The maximum Gasteiger partial charge on any atom is 0.139 e. The zero-order valence-electron chi connectivity index (χ0n) is 10.3. The Morgan fingerprint density at radius 1 is 1.11 bits per heavy atom. The van der Waals surface area contributed by atoms with Crippen molar-refractivity contribution in [1.29, 1.82) is 0 Å². The molecule has 3 aliphatic rings. The first-order valence-electron chi connectivity index (χ1n) is 6.45. The van der Waals surface area contributed by atoms with Crippen LogP contribution in [0.4, 0.5) is 0 Å². The van der Waals surface area contributed by atoms with Gasteiger partial charge in [0.2, 0.25) is 0 Å². The van der Waals surface area contributed by atoms with E-state index < -0.39 is 0 Å². The predicted molar refractivity (Wildman–Crippen MR) is 75.3 cm³/mol. The van der Waals surface area contributed by atoms with Gasteiger partial charge in [0.25, 0.3) is 0 Å². The maximum atomic E-state index is 4.76. The van der Waals surface area contributed by atoms with Crippen LogP contribution in [0.3, 0.4) is 0 Å². The number of nitrogens with zero attached hydrogens (tertiary/aromatic N) is 2. The Bertz CT molecular complexity index is 662. The van der Waals surface area contributed by atoms with Crippen molar-refractivity contribution in [3.8, 4) is 0 Å². The van der Waals surface area contributed by atoms with Crippen molar-refractivity contribution in [3.05, 3.63) is 77.9 Å². The second kappa shape index (κ2) is 4.05. The molecule has 0 amide bonds. The number of hydrogen-bond acceptors (Lipinski definition) is 3. The lowest BCUT2D eigenvalue weighted by atomic mass is 9.79. The molecule has 92 valence electrons. The number of aromatic nitrogens is 1. The van der Waals surface area contributed by atoms with Crippen LogP contribution in [0, 0.1) is 11.8 Å². The van der Waals surface area contributed by atoms with Crippen LogP contribution in [0.15, 0.2) is 77.4 Å². The summed E-state index contributed by atoms with van der Waals surface area (Å²) in [7, 11) is 0.